The van der Waals surface area contributed by atoms with Gasteiger partial charge in [-0.15, -0.1) is 11.3 Å². The zero-order valence-electron chi connectivity index (χ0n) is 13.4. The Morgan fingerprint density at radius 1 is 1.12 bits per heavy atom. The molecule has 0 aliphatic rings. The summed E-state index contributed by atoms with van der Waals surface area (Å²) >= 11 is 1.45. The second kappa shape index (κ2) is 7.14. The molecular weight excluding hydrogens is 320 g/mol. The maximum absolute atomic E-state index is 12.2. The molecule has 0 unspecified atom stereocenters. The Kier molecular flexibility index (Phi) is 4.77. The highest BCUT2D eigenvalue weighted by Gasteiger charge is 2.06. The van der Waals surface area contributed by atoms with Gasteiger partial charge in [0.2, 0.25) is 0 Å². The van der Waals surface area contributed by atoms with E-state index in [1.165, 1.54) is 17.4 Å². The van der Waals surface area contributed by atoms with Crippen LogP contribution in [0.2, 0.25) is 0 Å². The third kappa shape index (κ3) is 3.72. The molecule has 3 aromatic rings. The monoisotopic (exact) mass is 336 g/mol. The first-order valence-corrected chi connectivity index (χ1v) is 8.24. The highest BCUT2D eigenvalue weighted by Crippen LogP contribution is 2.20. The molecule has 0 fully saturated rings. The smallest absolute Gasteiger partial charge is 0.188 e. The van der Waals surface area contributed by atoms with Gasteiger partial charge in [0.1, 0.15) is 0 Å². The Bertz CT molecular complexity index is 854. The highest BCUT2D eigenvalue weighted by atomic mass is 32.1. The van der Waals surface area contributed by atoms with Gasteiger partial charge in [-0.2, -0.15) is 0 Å². The van der Waals surface area contributed by atoms with Crippen LogP contribution in [0.3, 0.4) is 0 Å². The van der Waals surface area contributed by atoms with E-state index in [4.69, 9.17) is 0 Å². The molecule has 2 aromatic heterocycles. The number of aromatic nitrogens is 3. The maximum Gasteiger partial charge on any atom is 0.188 e. The number of anilines is 1. The third-order valence-corrected chi connectivity index (χ3v) is 4.21. The Labute approximate surface area is 144 Å². The molecular formula is C18H16N4OS. The Morgan fingerprint density at radius 2 is 1.83 bits per heavy atom. The highest BCUT2D eigenvalue weighted by molar-refractivity contribution is 7.13. The van der Waals surface area contributed by atoms with Crippen molar-refractivity contribution in [2.24, 2.45) is 0 Å². The minimum Gasteiger partial charge on any atom is -0.378 e. The van der Waals surface area contributed by atoms with E-state index >= 15 is 0 Å². The summed E-state index contributed by atoms with van der Waals surface area (Å²) in [5.41, 5.74) is 2.43. The zero-order valence-corrected chi connectivity index (χ0v) is 14.2. The van der Waals surface area contributed by atoms with Crippen LogP contribution < -0.4 is 4.90 Å². The summed E-state index contributed by atoms with van der Waals surface area (Å²) in [7, 11) is 3.93. The number of hydrogen-bond donors (Lipinski definition) is 0. The van der Waals surface area contributed by atoms with Gasteiger partial charge in [-0.05, 0) is 42.5 Å². The van der Waals surface area contributed by atoms with E-state index in [1.54, 1.807) is 24.5 Å². The van der Waals surface area contributed by atoms with Crippen LogP contribution in [0.15, 0.2) is 54.2 Å². The molecule has 0 aliphatic heterocycles. The molecule has 5 nitrogen and oxygen atoms in total. The van der Waals surface area contributed by atoms with Gasteiger partial charge < -0.3 is 4.90 Å². The summed E-state index contributed by atoms with van der Waals surface area (Å²) in [6.45, 7) is 0. The number of carbonyl (C=O) groups is 1. The average molecular weight is 336 g/mol. The molecule has 0 N–H and O–H groups in total. The van der Waals surface area contributed by atoms with Crippen molar-refractivity contribution in [3.63, 3.8) is 0 Å². The van der Waals surface area contributed by atoms with E-state index in [2.05, 4.69) is 15.0 Å². The molecule has 3 rings (SSSR count). The van der Waals surface area contributed by atoms with Gasteiger partial charge in [0.15, 0.2) is 16.6 Å². The number of rotatable bonds is 5. The molecule has 0 amide bonds. The van der Waals surface area contributed by atoms with Crippen LogP contribution in [-0.2, 0) is 0 Å². The third-order valence-electron chi connectivity index (χ3n) is 3.35. The Balaban J connectivity index is 1.71. The molecule has 0 radical (unpaired) electrons. The summed E-state index contributed by atoms with van der Waals surface area (Å²) < 4.78 is 0. The minimum absolute atomic E-state index is 0.0502. The van der Waals surface area contributed by atoms with Crippen molar-refractivity contribution < 1.29 is 4.79 Å². The van der Waals surface area contributed by atoms with E-state index in [-0.39, 0.29) is 5.78 Å². The lowest BCUT2D eigenvalue weighted by Crippen LogP contribution is -2.08. The molecule has 24 heavy (non-hydrogen) atoms. The molecule has 120 valence electrons. The van der Waals surface area contributed by atoms with Gasteiger partial charge in [0.05, 0.1) is 5.69 Å². The van der Waals surface area contributed by atoms with Crippen LogP contribution in [0, 0.1) is 0 Å². The topological polar surface area (TPSA) is 59.0 Å². The second-order valence-electron chi connectivity index (χ2n) is 5.29. The van der Waals surface area contributed by atoms with Crippen molar-refractivity contribution in [1.29, 1.82) is 0 Å². The van der Waals surface area contributed by atoms with Gasteiger partial charge in [0, 0.05) is 43.1 Å². The fraction of sp³-hybridized carbons (Fsp3) is 0.111. The van der Waals surface area contributed by atoms with Gasteiger partial charge in [0.25, 0.3) is 0 Å². The Hall–Kier alpha value is -2.86. The van der Waals surface area contributed by atoms with Crippen LogP contribution in [0.25, 0.3) is 16.9 Å². The maximum atomic E-state index is 12.2. The quantitative estimate of drug-likeness (QED) is 0.527. The Morgan fingerprint density at radius 3 is 2.50 bits per heavy atom. The van der Waals surface area contributed by atoms with Crippen molar-refractivity contribution in [2.75, 3.05) is 19.0 Å². The summed E-state index contributed by atoms with van der Waals surface area (Å²) in [5, 5.41) is 2.61. The van der Waals surface area contributed by atoms with Crippen LogP contribution in [0.5, 0.6) is 0 Å². The first-order chi connectivity index (χ1) is 11.6. The number of ketones is 1. The van der Waals surface area contributed by atoms with Crippen molar-refractivity contribution >= 4 is 28.9 Å². The number of thiazole rings is 1. The van der Waals surface area contributed by atoms with E-state index in [0.717, 1.165) is 16.4 Å². The second-order valence-corrected chi connectivity index (χ2v) is 6.15. The van der Waals surface area contributed by atoms with Crippen LogP contribution >= 0.6 is 11.3 Å². The number of nitrogens with zero attached hydrogens (tertiary/aromatic N) is 4. The van der Waals surface area contributed by atoms with Crippen LogP contribution in [0.1, 0.15) is 16.1 Å². The van der Waals surface area contributed by atoms with Crippen LogP contribution in [0.4, 0.5) is 5.69 Å². The SMILES string of the molecule is CN(C)c1ccc(C(=O)/C=C/c2csc(-c3ncccn3)n2)cc1. The predicted octanol–water partition coefficient (Wildman–Crippen LogP) is 3.56. The molecule has 2 heterocycles. The van der Waals surface area contributed by atoms with E-state index in [9.17, 15) is 4.79 Å². The fourth-order valence-corrected chi connectivity index (χ4v) is 2.79. The zero-order chi connectivity index (χ0) is 16.9. The first-order valence-electron chi connectivity index (χ1n) is 7.36. The molecule has 0 bridgehead atoms. The van der Waals surface area contributed by atoms with Crippen molar-refractivity contribution in [3.8, 4) is 10.8 Å². The van der Waals surface area contributed by atoms with Crippen molar-refractivity contribution in [1.82, 2.24) is 15.0 Å². The molecule has 0 saturated carbocycles. The molecule has 0 spiro atoms. The predicted molar refractivity (Wildman–Crippen MR) is 97.3 cm³/mol. The van der Waals surface area contributed by atoms with E-state index in [0.29, 0.717) is 11.4 Å². The van der Waals surface area contributed by atoms with E-state index < -0.39 is 0 Å². The summed E-state index contributed by atoms with van der Waals surface area (Å²) in [6.07, 6.45) is 6.61. The molecule has 6 heteroatoms. The van der Waals surface area contributed by atoms with Crippen molar-refractivity contribution in [2.45, 2.75) is 0 Å². The average Bonchev–Trinajstić information content (AvgIpc) is 3.09. The normalized spacial score (nSPS) is 10.9. The number of benzene rings is 1. The van der Waals surface area contributed by atoms with Gasteiger partial charge >= 0.3 is 0 Å². The number of allylic oxidation sites excluding steroid dienone is 1. The molecule has 1 aromatic carbocycles. The lowest BCUT2D eigenvalue weighted by molar-refractivity contribution is 0.104. The lowest BCUT2D eigenvalue weighted by atomic mass is 10.1. The summed E-state index contributed by atoms with van der Waals surface area (Å²) in [5.74, 6) is 0.540. The van der Waals surface area contributed by atoms with Crippen LogP contribution in [-0.4, -0.2) is 34.8 Å². The molecule has 0 saturated heterocycles. The van der Waals surface area contributed by atoms with E-state index in [1.807, 2.05) is 48.6 Å². The largest absolute Gasteiger partial charge is 0.378 e. The van der Waals surface area contributed by atoms with Crippen molar-refractivity contribution in [3.05, 3.63) is 65.4 Å². The van der Waals surface area contributed by atoms with Gasteiger partial charge in [-0.3, -0.25) is 4.79 Å². The number of hydrogen-bond acceptors (Lipinski definition) is 6. The molecule has 0 atom stereocenters. The molecule has 0 aliphatic carbocycles. The summed E-state index contributed by atoms with van der Waals surface area (Å²) in [6, 6.07) is 9.26. The number of carbonyl (C=O) groups excluding carboxylic acids is 1. The lowest BCUT2D eigenvalue weighted by Gasteiger charge is -2.11. The van der Waals surface area contributed by atoms with Gasteiger partial charge in [-0.25, -0.2) is 15.0 Å². The van der Waals surface area contributed by atoms with Gasteiger partial charge in [-0.1, -0.05) is 0 Å². The first kappa shape index (κ1) is 16.0. The fourth-order valence-electron chi connectivity index (χ4n) is 2.06. The minimum atomic E-state index is -0.0502. The standard InChI is InChI=1S/C18H16N4OS/c1-22(2)15-7-4-13(5-8-15)16(23)9-6-14-12-24-18(21-14)17-19-10-3-11-20-17/h3-12H,1-2H3/b9-6+. The summed E-state index contributed by atoms with van der Waals surface area (Å²) in [4.78, 5) is 27.0.